The van der Waals surface area contributed by atoms with Crippen molar-refractivity contribution in [2.24, 2.45) is 0 Å². The van der Waals surface area contributed by atoms with Gasteiger partial charge in [-0.2, -0.15) is 0 Å². The normalized spacial score (nSPS) is 12.8. The maximum absolute atomic E-state index is 13.3. The molecule has 2 nitrogen and oxygen atoms in total. The number of rotatable bonds is 5. The molecule has 1 atom stereocenters. The topological polar surface area (TPSA) is 29.5 Å². The SMILES string of the molecule is CCOCC(O)Cc1c(F)cccc1Cl. The fourth-order valence-corrected chi connectivity index (χ4v) is 1.52. The minimum Gasteiger partial charge on any atom is -0.390 e. The van der Waals surface area contributed by atoms with Gasteiger partial charge in [0.2, 0.25) is 0 Å². The van der Waals surface area contributed by atoms with Gasteiger partial charge in [-0.3, -0.25) is 0 Å². The van der Waals surface area contributed by atoms with Crippen LogP contribution in [0.3, 0.4) is 0 Å². The zero-order valence-corrected chi connectivity index (χ0v) is 9.30. The van der Waals surface area contributed by atoms with E-state index in [1.165, 1.54) is 12.1 Å². The second kappa shape index (κ2) is 6.05. The van der Waals surface area contributed by atoms with Gasteiger partial charge in [0.05, 0.1) is 12.7 Å². The lowest BCUT2D eigenvalue weighted by Gasteiger charge is -2.12. The second-order valence-electron chi connectivity index (χ2n) is 3.22. The Morgan fingerprint density at radius 1 is 1.53 bits per heavy atom. The van der Waals surface area contributed by atoms with Gasteiger partial charge < -0.3 is 9.84 Å². The summed E-state index contributed by atoms with van der Waals surface area (Å²) in [6, 6.07) is 4.47. The zero-order chi connectivity index (χ0) is 11.3. The lowest BCUT2D eigenvalue weighted by atomic mass is 10.1. The molecule has 15 heavy (non-hydrogen) atoms. The molecule has 4 heteroatoms. The number of hydrogen-bond donors (Lipinski definition) is 1. The van der Waals surface area contributed by atoms with Crippen LogP contribution in [-0.2, 0) is 11.2 Å². The molecule has 1 aromatic carbocycles. The third kappa shape index (κ3) is 3.78. The van der Waals surface area contributed by atoms with E-state index >= 15 is 0 Å². The van der Waals surface area contributed by atoms with E-state index in [1.54, 1.807) is 6.07 Å². The number of hydrogen-bond acceptors (Lipinski definition) is 2. The van der Waals surface area contributed by atoms with Crippen molar-refractivity contribution in [3.05, 3.63) is 34.6 Å². The highest BCUT2D eigenvalue weighted by molar-refractivity contribution is 6.31. The lowest BCUT2D eigenvalue weighted by Crippen LogP contribution is -2.19. The quantitative estimate of drug-likeness (QED) is 0.845. The summed E-state index contributed by atoms with van der Waals surface area (Å²) in [6.07, 6.45) is -0.551. The first-order chi connectivity index (χ1) is 7.15. The van der Waals surface area contributed by atoms with Crippen LogP contribution >= 0.6 is 11.6 Å². The Morgan fingerprint density at radius 2 is 2.27 bits per heavy atom. The van der Waals surface area contributed by atoms with Gasteiger partial charge in [-0.15, -0.1) is 0 Å². The standard InChI is InChI=1S/C11H14ClFO2/c1-2-15-7-8(14)6-9-10(12)4-3-5-11(9)13/h3-5,8,14H,2,6-7H2,1H3. The maximum atomic E-state index is 13.3. The van der Waals surface area contributed by atoms with Crippen LogP contribution in [0.15, 0.2) is 18.2 Å². The summed E-state index contributed by atoms with van der Waals surface area (Å²) in [6.45, 7) is 2.56. The van der Waals surface area contributed by atoms with E-state index < -0.39 is 11.9 Å². The molecule has 1 unspecified atom stereocenters. The molecule has 84 valence electrons. The summed E-state index contributed by atoms with van der Waals surface area (Å²) in [7, 11) is 0. The number of aliphatic hydroxyl groups is 1. The smallest absolute Gasteiger partial charge is 0.127 e. The van der Waals surface area contributed by atoms with E-state index in [4.69, 9.17) is 16.3 Å². The molecule has 0 saturated carbocycles. The zero-order valence-electron chi connectivity index (χ0n) is 8.54. The average molecular weight is 233 g/mol. The first-order valence-electron chi connectivity index (χ1n) is 4.83. The Labute approximate surface area is 93.6 Å². The van der Waals surface area contributed by atoms with Crippen molar-refractivity contribution in [3.8, 4) is 0 Å². The highest BCUT2D eigenvalue weighted by Gasteiger charge is 2.12. The number of benzene rings is 1. The molecule has 0 bridgehead atoms. The highest BCUT2D eigenvalue weighted by Crippen LogP contribution is 2.20. The molecule has 0 aliphatic heterocycles. The molecule has 0 spiro atoms. The Bertz CT molecular complexity index is 297. The maximum Gasteiger partial charge on any atom is 0.127 e. The predicted molar refractivity (Wildman–Crippen MR) is 57.6 cm³/mol. The third-order valence-electron chi connectivity index (χ3n) is 2.02. The Hall–Kier alpha value is -0.640. The van der Waals surface area contributed by atoms with Gasteiger partial charge in [0.25, 0.3) is 0 Å². The molecule has 1 aromatic rings. The van der Waals surface area contributed by atoms with Gasteiger partial charge >= 0.3 is 0 Å². The summed E-state index contributed by atoms with van der Waals surface area (Å²) < 4.78 is 18.3. The third-order valence-corrected chi connectivity index (χ3v) is 2.37. The number of aliphatic hydroxyl groups excluding tert-OH is 1. The van der Waals surface area contributed by atoms with Gasteiger partial charge in [-0.1, -0.05) is 17.7 Å². The molecule has 0 amide bonds. The molecule has 0 radical (unpaired) electrons. The number of ether oxygens (including phenoxy) is 1. The Morgan fingerprint density at radius 3 is 2.87 bits per heavy atom. The molecule has 0 aliphatic carbocycles. The minimum absolute atomic E-state index is 0.172. The summed E-state index contributed by atoms with van der Waals surface area (Å²) >= 11 is 5.82. The van der Waals surface area contributed by atoms with Crippen molar-refractivity contribution >= 4 is 11.6 Å². The Balaban J connectivity index is 2.63. The van der Waals surface area contributed by atoms with E-state index in [0.717, 1.165) is 0 Å². The predicted octanol–water partition coefficient (Wildman–Crippen LogP) is 2.42. The minimum atomic E-state index is -0.723. The molecule has 0 aromatic heterocycles. The molecule has 0 heterocycles. The van der Waals surface area contributed by atoms with Gasteiger partial charge in [0, 0.05) is 23.6 Å². The van der Waals surface area contributed by atoms with E-state index in [2.05, 4.69) is 0 Å². The van der Waals surface area contributed by atoms with Gasteiger partial charge in [-0.25, -0.2) is 4.39 Å². The van der Waals surface area contributed by atoms with Crippen LogP contribution in [0.2, 0.25) is 5.02 Å². The molecular weight excluding hydrogens is 219 g/mol. The van der Waals surface area contributed by atoms with Crippen LogP contribution in [0.4, 0.5) is 4.39 Å². The van der Waals surface area contributed by atoms with Crippen LogP contribution in [-0.4, -0.2) is 24.4 Å². The Kier molecular flexibility index (Phi) is 5.02. The van der Waals surface area contributed by atoms with E-state index in [-0.39, 0.29) is 13.0 Å². The first kappa shape index (κ1) is 12.4. The molecular formula is C11H14ClFO2. The molecule has 0 saturated heterocycles. The van der Waals surface area contributed by atoms with E-state index in [1.807, 2.05) is 6.92 Å². The first-order valence-corrected chi connectivity index (χ1v) is 5.21. The highest BCUT2D eigenvalue weighted by atomic mass is 35.5. The van der Waals surface area contributed by atoms with Gasteiger partial charge in [-0.05, 0) is 19.1 Å². The fraction of sp³-hybridized carbons (Fsp3) is 0.455. The molecule has 1 N–H and O–H groups in total. The summed E-state index contributed by atoms with van der Waals surface area (Å²) in [5.74, 6) is -0.391. The monoisotopic (exact) mass is 232 g/mol. The second-order valence-corrected chi connectivity index (χ2v) is 3.62. The van der Waals surface area contributed by atoms with E-state index in [0.29, 0.717) is 17.2 Å². The van der Waals surface area contributed by atoms with Crippen LogP contribution < -0.4 is 0 Å². The van der Waals surface area contributed by atoms with Crippen LogP contribution in [0.1, 0.15) is 12.5 Å². The van der Waals surface area contributed by atoms with Crippen LogP contribution in [0.5, 0.6) is 0 Å². The largest absolute Gasteiger partial charge is 0.390 e. The summed E-state index contributed by atoms with van der Waals surface area (Å²) in [5, 5.41) is 9.87. The molecule has 0 fully saturated rings. The van der Waals surface area contributed by atoms with Crippen molar-refractivity contribution in [2.45, 2.75) is 19.4 Å². The molecule has 1 rings (SSSR count). The summed E-state index contributed by atoms with van der Waals surface area (Å²) in [4.78, 5) is 0. The van der Waals surface area contributed by atoms with Gasteiger partial charge in [0.1, 0.15) is 5.82 Å². The van der Waals surface area contributed by atoms with Crippen LogP contribution in [0, 0.1) is 5.82 Å². The van der Waals surface area contributed by atoms with Crippen molar-refractivity contribution in [1.29, 1.82) is 0 Å². The fourth-order valence-electron chi connectivity index (χ4n) is 1.28. The summed E-state index contributed by atoms with van der Waals surface area (Å²) in [5.41, 5.74) is 0.339. The van der Waals surface area contributed by atoms with Crippen molar-refractivity contribution in [3.63, 3.8) is 0 Å². The number of halogens is 2. The molecule has 0 aliphatic rings. The van der Waals surface area contributed by atoms with Crippen molar-refractivity contribution in [2.75, 3.05) is 13.2 Å². The average Bonchev–Trinajstić information content (AvgIpc) is 2.21. The van der Waals surface area contributed by atoms with Gasteiger partial charge in [0.15, 0.2) is 0 Å². The van der Waals surface area contributed by atoms with Crippen molar-refractivity contribution in [1.82, 2.24) is 0 Å². The van der Waals surface area contributed by atoms with E-state index in [9.17, 15) is 9.50 Å². The van der Waals surface area contributed by atoms with Crippen molar-refractivity contribution < 1.29 is 14.2 Å². The lowest BCUT2D eigenvalue weighted by molar-refractivity contribution is 0.0426. The van der Waals surface area contributed by atoms with Crippen LogP contribution in [0.25, 0.3) is 0 Å².